The fourth-order valence-corrected chi connectivity index (χ4v) is 2.03. The van der Waals surface area contributed by atoms with E-state index in [1.807, 2.05) is 39.2 Å². The van der Waals surface area contributed by atoms with E-state index >= 15 is 0 Å². The molecule has 0 atom stereocenters. The van der Waals surface area contributed by atoms with E-state index in [-0.39, 0.29) is 0 Å². The van der Waals surface area contributed by atoms with Gasteiger partial charge >= 0.3 is 6.09 Å². The Kier molecular flexibility index (Phi) is 7.92. The van der Waals surface area contributed by atoms with E-state index in [0.29, 0.717) is 23.1 Å². The minimum absolute atomic E-state index is 0.294. The maximum Gasteiger partial charge on any atom is 0.412 e. The number of nitrogens with zero attached hydrogens (tertiary/aromatic N) is 2. The highest BCUT2D eigenvalue weighted by Gasteiger charge is 2.17. The average Bonchev–Trinajstić information content (AvgIpc) is 2.45. The number of rotatable bonds is 3. The van der Waals surface area contributed by atoms with Crippen molar-refractivity contribution in [3.8, 4) is 0 Å². The monoisotopic (exact) mass is 364 g/mol. The van der Waals surface area contributed by atoms with Crippen molar-refractivity contribution in [2.24, 2.45) is 0 Å². The first-order valence-corrected chi connectivity index (χ1v) is 8.36. The van der Waals surface area contributed by atoms with Gasteiger partial charge in [0, 0.05) is 11.9 Å². The predicted molar refractivity (Wildman–Crippen MR) is 104 cm³/mol. The Morgan fingerprint density at radius 3 is 2.38 bits per heavy atom. The van der Waals surface area contributed by atoms with E-state index in [1.165, 1.54) is 12.1 Å². The molecule has 0 aliphatic heterocycles. The summed E-state index contributed by atoms with van der Waals surface area (Å²) in [5.41, 5.74) is 0.994. The van der Waals surface area contributed by atoms with Gasteiger partial charge in [0.25, 0.3) is 0 Å². The zero-order valence-corrected chi connectivity index (χ0v) is 16.6. The number of anilines is 1. The van der Waals surface area contributed by atoms with Gasteiger partial charge < -0.3 is 15.0 Å². The van der Waals surface area contributed by atoms with Crippen molar-refractivity contribution in [3.05, 3.63) is 35.8 Å². The minimum atomic E-state index is -0.639. The van der Waals surface area contributed by atoms with Gasteiger partial charge in [0.1, 0.15) is 11.4 Å². The van der Waals surface area contributed by atoms with Crippen LogP contribution in [0.2, 0.25) is 0 Å². The first-order chi connectivity index (χ1) is 12.0. The number of fused-ring (bicyclic) bond motifs is 1. The predicted octanol–water partition coefficient (Wildman–Crippen LogP) is 3.62. The van der Waals surface area contributed by atoms with Crippen molar-refractivity contribution in [2.45, 2.75) is 32.9 Å². The van der Waals surface area contributed by atoms with Crippen LogP contribution in [0.4, 0.5) is 14.9 Å². The lowest BCUT2D eigenvalue weighted by atomic mass is 10.1. The third-order valence-corrected chi connectivity index (χ3v) is 2.81. The molecular formula is C19H29FN4O2. The molecule has 0 fully saturated rings. The molecule has 0 saturated carbocycles. The third kappa shape index (κ3) is 7.76. The summed E-state index contributed by atoms with van der Waals surface area (Å²) in [7, 11) is 7.82. The second kappa shape index (κ2) is 9.45. The van der Waals surface area contributed by atoms with Crippen LogP contribution >= 0.6 is 0 Å². The zero-order chi connectivity index (χ0) is 19.9. The van der Waals surface area contributed by atoms with Crippen LogP contribution in [0.25, 0.3) is 10.9 Å². The molecule has 2 rings (SSSR count). The van der Waals surface area contributed by atoms with E-state index < -0.39 is 17.5 Å². The molecule has 0 radical (unpaired) electrons. The highest BCUT2D eigenvalue weighted by molar-refractivity contribution is 5.98. The van der Waals surface area contributed by atoms with Gasteiger partial charge in [0.05, 0.1) is 16.9 Å². The number of carbonyl (C=O) groups is 1. The van der Waals surface area contributed by atoms with Crippen LogP contribution in [-0.2, 0) is 11.3 Å². The van der Waals surface area contributed by atoms with E-state index in [0.717, 1.165) is 5.69 Å². The van der Waals surface area contributed by atoms with Crippen molar-refractivity contribution >= 4 is 22.7 Å². The molecule has 2 N–H and O–H groups in total. The van der Waals surface area contributed by atoms with Crippen LogP contribution in [0.5, 0.6) is 0 Å². The lowest BCUT2D eigenvalue weighted by Gasteiger charge is -2.20. The Bertz CT molecular complexity index is 739. The van der Waals surface area contributed by atoms with Crippen molar-refractivity contribution in [3.63, 3.8) is 0 Å². The van der Waals surface area contributed by atoms with Gasteiger partial charge in [-0.05, 0) is 67.2 Å². The van der Waals surface area contributed by atoms with Crippen molar-refractivity contribution in [1.29, 1.82) is 0 Å². The second-order valence-corrected chi connectivity index (χ2v) is 7.33. The van der Waals surface area contributed by atoms with Crippen LogP contribution in [0.15, 0.2) is 24.3 Å². The normalized spacial score (nSPS) is 11.1. The topological polar surface area (TPSA) is 66.5 Å². The minimum Gasteiger partial charge on any atom is -0.444 e. The number of amides is 1. The molecule has 0 unspecified atom stereocenters. The number of ether oxygens (including phenoxy) is 1. The van der Waals surface area contributed by atoms with Gasteiger partial charge in [-0.25, -0.2) is 14.2 Å². The molecule has 0 spiro atoms. The highest BCUT2D eigenvalue weighted by Crippen LogP contribution is 2.24. The molecule has 1 aromatic carbocycles. The molecule has 1 amide bonds. The van der Waals surface area contributed by atoms with E-state index in [9.17, 15) is 9.18 Å². The van der Waals surface area contributed by atoms with Gasteiger partial charge in [-0.2, -0.15) is 0 Å². The fourth-order valence-electron chi connectivity index (χ4n) is 2.03. The number of hydrogen-bond donors (Lipinski definition) is 2. The molecule has 6 nitrogen and oxygen atoms in total. The Hall–Kier alpha value is -2.25. The second-order valence-electron chi connectivity index (χ2n) is 7.33. The Balaban J connectivity index is 0.000000765. The van der Waals surface area contributed by atoms with Gasteiger partial charge in [-0.3, -0.25) is 5.32 Å². The van der Waals surface area contributed by atoms with Crippen LogP contribution in [0.3, 0.4) is 0 Å². The molecule has 26 heavy (non-hydrogen) atoms. The first kappa shape index (κ1) is 21.8. The molecule has 2 aromatic rings. The number of benzene rings is 1. The highest BCUT2D eigenvalue weighted by atomic mass is 19.1. The smallest absolute Gasteiger partial charge is 0.412 e. The van der Waals surface area contributed by atoms with E-state index in [2.05, 4.69) is 15.6 Å². The average molecular weight is 364 g/mol. The number of nitrogens with one attached hydrogen (secondary N) is 2. The summed E-state index contributed by atoms with van der Waals surface area (Å²) >= 11 is 0. The van der Waals surface area contributed by atoms with Gasteiger partial charge in [0.15, 0.2) is 0 Å². The SMILES string of the molecule is CN(C)C.CNCc1ccc2cc(F)cc(NC(=O)OC(C)(C)C)c2n1. The molecule has 1 heterocycles. The van der Waals surface area contributed by atoms with E-state index in [1.54, 1.807) is 26.8 Å². The summed E-state index contributed by atoms with van der Waals surface area (Å²) in [5.74, 6) is -0.443. The van der Waals surface area contributed by atoms with Crippen LogP contribution < -0.4 is 10.6 Å². The maximum absolute atomic E-state index is 13.7. The summed E-state index contributed by atoms with van der Waals surface area (Å²) in [6, 6.07) is 6.21. The molecular weight excluding hydrogens is 335 g/mol. The summed E-state index contributed by atoms with van der Waals surface area (Å²) in [5, 5.41) is 6.19. The first-order valence-electron chi connectivity index (χ1n) is 8.36. The summed E-state index contributed by atoms with van der Waals surface area (Å²) in [6.45, 7) is 5.87. The molecule has 0 aliphatic rings. The molecule has 7 heteroatoms. The van der Waals surface area contributed by atoms with Crippen LogP contribution in [0.1, 0.15) is 26.5 Å². The number of pyridine rings is 1. The molecule has 144 valence electrons. The summed E-state index contributed by atoms with van der Waals surface area (Å²) < 4.78 is 18.9. The van der Waals surface area contributed by atoms with Crippen molar-refractivity contribution in [1.82, 2.24) is 15.2 Å². The van der Waals surface area contributed by atoms with Gasteiger partial charge in [0.2, 0.25) is 0 Å². The molecule has 0 aliphatic carbocycles. The standard InChI is InChI=1S/C16H20FN3O2.C3H9N/c1-16(2,3)22-15(21)20-13-8-11(17)7-10-5-6-12(9-18-4)19-14(10)13;1-4(2)3/h5-8,18H,9H2,1-4H3,(H,20,21);1-3H3. The van der Waals surface area contributed by atoms with Crippen molar-refractivity contribution < 1.29 is 13.9 Å². The molecule has 0 saturated heterocycles. The largest absolute Gasteiger partial charge is 0.444 e. The fraction of sp³-hybridized carbons (Fsp3) is 0.474. The lowest BCUT2D eigenvalue weighted by molar-refractivity contribution is 0.0636. The van der Waals surface area contributed by atoms with Crippen LogP contribution in [0, 0.1) is 5.82 Å². The summed E-state index contributed by atoms with van der Waals surface area (Å²) in [6.07, 6.45) is -0.639. The lowest BCUT2D eigenvalue weighted by Crippen LogP contribution is -2.27. The Labute approximate surface area is 154 Å². The maximum atomic E-state index is 13.7. The molecule has 1 aromatic heterocycles. The Morgan fingerprint density at radius 1 is 1.23 bits per heavy atom. The van der Waals surface area contributed by atoms with E-state index in [4.69, 9.17) is 4.74 Å². The number of carbonyl (C=O) groups excluding carboxylic acids is 1. The molecule has 0 bridgehead atoms. The number of halogens is 1. The summed E-state index contributed by atoms with van der Waals surface area (Å²) in [4.78, 5) is 18.4. The number of hydrogen-bond acceptors (Lipinski definition) is 5. The third-order valence-electron chi connectivity index (χ3n) is 2.81. The number of aromatic nitrogens is 1. The zero-order valence-electron chi connectivity index (χ0n) is 16.6. The van der Waals surface area contributed by atoms with Gasteiger partial charge in [-0.15, -0.1) is 0 Å². The quantitative estimate of drug-likeness (QED) is 0.871. The van der Waals surface area contributed by atoms with Crippen LogP contribution in [-0.4, -0.2) is 49.8 Å². The Morgan fingerprint density at radius 2 is 1.85 bits per heavy atom. The van der Waals surface area contributed by atoms with Gasteiger partial charge in [-0.1, -0.05) is 6.07 Å². The van der Waals surface area contributed by atoms with Crippen molar-refractivity contribution in [2.75, 3.05) is 33.5 Å².